The smallest absolute Gasteiger partial charge is 0.380 e. The number of alkyl halides is 3. The van der Waals surface area contributed by atoms with Crippen molar-refractivity contribution in [1.29, 1.82) is 0 Å². The maximum absolute atomic E-state index is 13.1. The molecule has 0 aliphatic rings. The van der Waals surface area contributed by atoms with Crippen molar-refractivity contribution >= 4 is 11.0 Å². The summed E-state index contributed by atoms with van der Waals surface area (Å²) in [4.78, 5) is 4.62. The van der Waals surface area contributed by atoms with Gasteiger partial charge < -0.3 is 9.30 Å². The lowest BCUT2D eigenvalue weighted by molar-refractivity contribution is -0.137. The van der Waals surface area contributed by atoms with Crippen molar-refractivity contribution in [3.8, 4) is 0 Å². The third-order valence-electron chi connectivity index (χ3n) is 4.69. The van der Waals surface area contributed by atoms with Gasteiger partial charge in [0.05, 0.1) is 23.2 Å². The van der Waals surface area contributed by atoms with Crippen LogP contribution in [0.4, 0.5) is 13.2 Å². The van der Waals surface area contributed by atoms with Crippen molar-refractivity contribution < 1.29 is 17.9 Å². The third kappa shape index (κ3) is 4.16. The van der Waals surface area contributed by atoms with E-state index in [0.29, 0.717) is 30.8 Å². The van der Waals surface area contributed by atoms with Gasteiger partial charge in [-0.05, 0) is 37.1 Å². The van der Waals surface area contributed by atoms with Gasteiger partial charge in [0.25, 0.3) is 0 Å². The highest BCUT2D eigenvalue weighted by molar-refractivity contribution is 5.77. The summed E-state index contributed by atoms with van der Waals surface area (Å²) in [6, 6.07) is 13.7. The summed E-state index contributed by atoms with van der Waals surface area (Å²) in [7, 11) is 0. The largest absolute Gasteiger partial charge is 0.416 e. The minimum Gasteiger partial charge on any atom is -0.380 e. The number of halogens is 3. The number of hydrogen-bond donors (Lipinski definition) is 0. The molecule has 0 N–H and O–H groups in total. The fraction of sp³-hybridized carbons (Fsp3) is 0.381. The van der Waals surface area contributed by atoms with Crippen molar-refractivity contribution in [2.24, 2.45) is 0 Å². The molecule has 27 heavy (non-hydrogen) atoms. The molecule has 6 heteroatoms. The number of hydrogen-bond acceptors (Lipinski definition) is 2. The second kappa shape index (κ2) is 8.13. The van der Waals surface area contributed by atoms with Gasteiger partial charge in [0.15, 0.2) is 0 Å². The zero-order chi connectivity index (χ0) is 19.4. The first-order valence-corrected chi connectivity index (χ1v) is 9.15. The molecular weight excluding hydrogens is 353 g/mol. The normalized spacial score (nSPS) is 13.2. The molecule has 144 valence electrons. The zero-order valence-corrected chi connectivity index (χ0v) is 15.5. The van der Waals surface area contributed by atoms with Gasteiger partial charge in [0.2, 0.25) is 0 Å². The summed E-state index contributed by atoms with van der Waals surface area (Å²) >= 11 is 0. The third-order valence-corrected chi connectivity index (χ3v) is 4.69. The van der Waals surface area contributed by atoms with Crippen LogP contribution in [0.1, 0.15) is 43.1 Å². The van der Waals surface area contributed by atoms with Crippen LogP contribution in [0.25, 0.3) is 11.0 Å². The van der Waals surface area contributed by atoms with Crippen LogP contribution < -0.4 is 0 Å². The Kier molecular flexibility index (Phi) is 5.85. The Balaban J connectivity index is 2.12. The van der Waals surface area contributed by atoms with Gasteiger partial charge in [0, 0.05) is 19.1 Å². The van der Waals surface area contributed by atoms with Gasteiger partial charge in [-0.15, -0.1) is 0 Å². The lowest BCUT2D eigenvalue weighted by Gasteiger charge is -2.18. The molecular formula is C21H23F3N2O. The minimum absolute atomic E-state index is 0.00885. The number of nitrogens with zero attached hydrogens (tertiary/aromatic N) is 2. The molecule has 3 nitrogen and oxygen atoms in total. The Bertz CT molecular complexity index is 888. The molecule has 0 aliphatic carbocycles. The molecule has 0 amide bonds. The van der Waals surface area contributed by atoms with E-state index < -0.39 is 11.7 Å². The predicted molar refractivity (Wildman–Crippen MR) is 99.8 cm³/mol. The molecule has 1 aromatic heterocycles. The van der Waals surface area contributed by atoms with Crippen molar-refractivity contribution in [1.82, 2.24) is 9.55 Å². The van der Waals surface area contributed by atoms with Gasteiger partial charge in [-0.1, -0.05) is 37.3 Å². The average molecular weight is 376 g/mol. The van der Waals surface area contributed by atoms with Gasteiger partial charge in [-0.25, -0.2) is 4.98 Å². The van der Waals surface area contributed by atoms with E-state index >= 15 is 0 Å². The molecule has 0 saturated heterocycles. The quantitative estimate of drug-likeness (QED) is 0.500. The molecule has 0 bridgehead atoms. The Morgan fingerprint density at radius 2 is 1.81 bits per heavy atom. The number of ether oxygens (including phenoxy) is 1. The summed E-state index contributed by atoms with van der Waals surface area (Å²) in [6.07, 6.45) is -3.58. The van der Waals surface area contributed by atoms with Crippen molar-refractivity contribution in [2.75, 3.05) is 13.2 Å². The summed E-state index contributed by atoms with van der Waals surface area (Å²) < 4.78 is 46.8. The molecule has 1 heterocycles. The highest BCUT2D eigenvalue weighted by atomic mass is 19.4. The summed E-state index contributed by atoms with van der Waals surface area (Å²) in [5.41, 5.74) is 1.49. The maximum atomic E-state index is 13.1. The molecule has 0 saturated carbocycles. The Hall–Kier alpha value is -2.34. The van der Waals surface area contributed by atoms with Crippen LogP contribution in [0.15, 0.2) is 48.5 Å². The van der Waals surface area contributed by atoms with E-state index in [9.17, 15) is 13.2 Å². The number of fused-ring (bicyclic) bond motifs is 1. The SMILES string of the molecule is CCOCCn1c(C(CC)c2ccccc2)nc2cc(C(F)(F)F)ccc21. The van der Waals surface area contributed by atoms with Crippen LogP contribution in [0.2, 0.25) is 0 Å². The van der Waals surface area contributed by atoms with E-state index in [0.717, 1.165) is 29.9 Å². The molecule has 3 aromatic rings. The lowest BCUT2D eigenvalue weighted by atomic mass is 9.95. The first-order valence-electron chi connectivity index (χ1n) is 9.15. The molecule has 2 aromatic carbocycles. The molecule has 3 rings (SSSR count). The topological polar surface area (TPSA) is 27.1 Å². The summed E-state index contributed by atoms with van der Waals surface area (Å²) in [5.74, 6) is 0.785. The number of aromatic nitrogens is 2. The van der Waals surface area contributed by atoms with Crippen molar-refractivity contribution in [3.63, 3.8) is 0 Å². The Morgan fingerprint density at radius 3 is 2.44 bits per heavy atom. The van der Waals surface area contributed by atoms with Crippen molar-refractivity contribution in [2.45, 2.75) is 38.9 Å². The van der Waals surface area contributed by atoms with E-state index in [-0.39, 0.29) is 5.92 Å². The van der Waals surface area contributed by atoms with Crippen LogP contribution in [0.5, 0.6) is 0 Å². The fourth-order valence-corrected chi connectivity index (χ4v) is 3.38. The van der Waals surface area contributed by atoms with Crippen LogP contribution >= 0.6 is 0 Å². The lowest BCUT2D eigenvalue weighted by Crippen LogP contribution is -2.13. The van der Waals surface area contributed by atoms with Crippen LogP contribution in [-0.4, -0.2) is 22.8 Å². The molecule has 1 atom stereocenters. The first kappa shape index (κ1) is 19.4. The fourth-order valence-electron chi connectivity index (χ4n) is 3.38. The van der Waals surface area contributed by atoms with Crippen molar-refractivity contribution in [3.05, 3.63) is 65.5 Å². The van der Waals surface area contributed by atoms with E-state index in [1.165, 1.54) is 6.07 Å². The van der Waals surface area contributed by atoms with Crippen LogP contribution in [0, 0.1) is 0 Å². The number of rotatable bonds is 7. The molecule has 1 unspecified atom stereocenters. The Morgan fingerprint density at radius 1 is 1.07 bits per heavy atom. The number of imidazole rings is 1. The monoisotopic (exact) mass is 376 g/mol. The van der Waals surface area contributed by atoms with Crippen LogP contribution in [-0.2, 0) is 17.5 Å². The van der Waals surface area contributed by atoms with E-state index in [2.05, 4.69) is 11.9 Å². The molecule has 0 aliphatic heterocycles. The second-order valence-corrected chi connectivity index (χ2v) is 6.39. The van der Waals surface area contributed by atoms with Gasteiger partial charge in [0.1, 0.15) is 5.82 Å². The van der Waals surface area contributed by atoms with E-state index in [1.807, 2.05) is 41.8 Å². The zero-order valence-electron chi connectivity index (χ0n) is 15.5. The van der Waals surface area contributed by atoms with Gasteiger partial charge in [-0.3, -0.25) is 0 Å². The van der Waals surface area contributed by atoms with E-state index in [1.54, 1.807) is 0 Å². The second-order valence-electron chi connectivity index (χ2n) is 6.39. The molecule has 0 spiro atoms. The number of benzene rings is 2. The Labute approximate surface area is 156 Å². The highest BCUT2D eigenvalue weighted by Crippen LogP contribution is 2.34. The average Bonchev–Trinajstić information content (AvgIpc) is 3.00. The molecule has 0 fully saturated rings. The molecule has 0 radical (unpaired) electrons. The van der Waals surface area contributed by atoms with Gasteiger partial charge in [-0.2, -0.15) is 13.2 Å². The van der Waals surface area contributed by atoms with E-state index in [4.69, 9.17) is 4.74 Å². The van der Waals surface area contributed by atoms with Gasteiger partial charge >= 0.3 is 6.18 Å². The van der Waals surface area contributed by atoms with Crippen LogP contribution in [0.3, 0.4) is 0 Å². The standard InChI is InChI=1S/C21H23F3N2O/c1-3-17(15-8-6-5-7-9-15)20-25-18-14-16(21(22,23)24)10-11-19(18)26(20)12-13-27-4-2/h5-11,14,17H,3-4,12-13H2,1-2H3. The maximum Gasteiger partial charge on any atom is 0.416 e. The highest BCUT2D eigenvalue weighted by Gasteiger charge is 2.31. The predicted octanol–water partition coefficient (Wildman–Crippen LogP) is 5.63. The summed E-state index contributed by atoms with van der Waals surface area (Å²) in [6.45, 7) is 5.61. The summed E-state index contributed by atoms with van der Waals surface area (Å²) in [5, 5.41) is 0. The minimum atomic E-state index is -4.38. The first-order chi connectivity index (χ1) is 13.0.